The molecule has 0 unspecified atom stereocenters. The second-order valence-corrected chi connectivity index (χ2v) is 12.8. The number of hydrogen-bond donors (Lipinski definition) is 4. The van der Waals surface area contributed by atoms with Gasteiger partial charge in [0.15, 0.2) is 0 Å². The van der Waals surface area contributed by atoms with E-state index in [1.807, 2.05) is 12.2 Å². The third-order valence-electron chi connectivity index (χ3n) is 6.71. The molecule has 1 amide bonds. The van der Waals surface area contributed by atoms with Crippen molar-refractivity contribution in [2.75, 3.05) is 11.9 Å². The average molecular weight is 603 g/mol. The molecular weight excluding hydrogens is 560 g/mol. The number of aliphatic hydroxyl groups is 3. The smallest absolute Gasteiger partial charge is 0.311 e. The van der Waals surface area contributed by atoms with Crippen LogP contribution in [0.5, 0.6) is 0 Å². The zero-order valence-electron chi connectivity index (χ0n) is 23.1. The van der Waals surface area contributed by atoms with Crippen LogP contribution in [0.4, 0.5) is 5.13 Å². The van der Waals surface area contributed by atoms with E-state index in [2.05, 4.69) is 26.8 Å². The highest BCUT2D eigenvalue weighted by molar-refractivity contribution is 7.92. The average Bonchev–Trinajstić information content (AvgIpc) is 3.46. The van der Waals surface area contributed by atoms with Gasteiger partial charge in [-0.1, -0.05) is 43.3 Å². The number of nitrogens with one attached hydrogen (secondary N) is 1. The number of anilines is 1. The van der Waals surface area contributed by atoms with Gasteiger partial charge in [0.2, 0.25) is 11.0 Å². The van der Waals surface area contributed by atoms with E-state index in [0.29, 0.717) is 49.9 Å². The molecule has 14 heteroatoms. The lowest BCUT2D eigenvalue weighted by Crippen LogP contribution is -2.23. The fraction of sp³-hybridized carbons (Fsp3) is 0.731. The Morgan fingerprint density at radius 2 is 1.90 bits per heavy atom. The maximum absolute atomic E-state index is 12.1. The third-order valence-corrected chi connectivity index (χ3v) is 9.17. The molecule has 12 nitrogen and oxygen atoms in total. The summed E-state index contributed by atoms with van der Waals surface area (Å²) < 4.78 is 32.5. The van der Waals surface area contributed by atoms with E-state index in [0.717, 1.165) is 25.5 Å². The minimum Gasteiger partial charge on any atom is -0.465 e. The van der Waals surface area contributed by atoms with Crippen molar-refractivity contribution < 1.29 is 38.1 Å². The minimum absolute atomic E-state index is 0.0165. The van der Waals surface area contributed by atoms with Crippen LogP contribution in [0.15, 0.2) is 20.9 Å². The number of carbonyl (C=O) groups is 2. The van der Waals surface area contributed by atoms with Crippen LogP contribution in [0, 0.1) is 11.8 Å². The van der Waals surface area contributed by atoms with E-state index in [-0.39, 0.29) is 46.9 Å². The largest absolute Gasteiger partial charge is 0.465 e. The summed E-state index contributed by atoms with van der Waals surface area (Å²) in [6.45, 7) is 3.33. The van der Waals surface area contributed by atoms with Gasteiger partial charge >= 0.3 is 16.0 Å². The van der Waals surface area contributed by atoms with E-state index in [4.69, 9.17) is 4.74 Å². The van der Waals surface area contributed by atoms with Gasteiger partial charge in [-0.05, 0) is 56.8 Å². The lowest BCUT2D eigenvalue weighted by Gasteiger charge is -2.23. The van der Waals surface area contributed by atoms with E-state index in [9.17, 15) is 33.3 Å². The van der Waals surface area contributed by atoms with E-state index < -0.39 is 34.1 Å². The summed E-state index contributed by atoms with van der Waals surface area (Å²) in [6, 6.07) is 0. The number of allylic oxidation sites excluding steroid dienone is 2. The number of unbranched alkanes of at least 4 members (excludes halogenated alkanes) is 2. The van der Waals surface area contributed by atoms with Crippen molar-refractivity contribution in [3.05, 3.63) is 12.2 Å². The molecule has 0 bridgehead atoms. The monoisotopic (exact) mass is 602 g/mol. The predicted molar refractivity (Wildman–Crippen MR) is 151 cm³/mol. The summed E-state index contributed by atoms with van der Waals surface area (Å²) >= 11 is 0.684. The third kappa shape index (κ3) is 12.1. The lowest BCUT2D eigenvalue weighted by atomic mass is 9.85. The molecule has 0 aliphatic heterocycles. The number of sulfonamides is 1. The molecule has 0 spiro atoms. The van der Waals surface area contributed by atoms with Crippen LogP contribution in [0.3, 0.4) is 0 Å². The highest BCUT2D eigenvalue weighted by Gasteiger charge is 2.40. The molecule has 226 valence electrons. The second-order valence-electron chi connectivity index (χ2n) is 10.00. The summed E-state index contributed by atoms with van der Waals surface area (Å²) in [5.74, 6) is -0.884. The van der Waals surface area contributed by atoms with Crippen LogP contribution >= 0.6 is 11.3 Å². The summed E-state index contributed by atoms with van der Waals surface area (Å²) in [4.78, 5) is 22.9. The summed E-state index contributed by atoms with van der Waals surface area (Å²) in [7, 11) is -4.05. The Hall–Kier alpha value is -2.26. The number of rotatable bonds is 18. The van der Waals surface area contributed by atoms with Crippen molar-refractivity contribution in [3.63, 3.8) is 0 Å². The second kappa shape index (κ2) is 17.5. The van der Waals surface area contributed by atoms with Crippen LogP contribution in [-0.2, 0) is 24.3 Å². The van der Waals surface area contributed by atoms with Crippen molar-refractivity contribution in [3.8, 4) is 0 Å². The van der Waals surface area contributed by atoms with Crippen molar-refractivity contribution >= 4 is 44.6 Å². The number of aromatic nitrogens is 2. The summed E-state index contributed by atoms with van der Waals surface area (Å²) in [5, 5.41) is 40.4. The van der Waals surface area contributed by atoms with Crippen molar-refractivity contribution in [2.45, 2.75) is 107 Å². The summed E-state index contributed by atoms with van der Waals surface area (Å²) in [6.07, 6.45) is 10.2. The first-order valence-corrected chi connectivity index (χ1v) is 16.0. The zero-order valence-corrected chi connectivity index (χ0v) is 24.8. The molecule has 40 heavy (non-hydrogen) atoms. The molecule has 0 aromatic carbocycles. The number of esters is 1. The van der Waals surface area contributed by atoms with Crippen molar-refractivity contribution in [1.82, 2.24) is 10.2 Å². The Morgan fingerprint density at radius 3 is 2.62 bits per heavy atom. The molecule has 1 aromatic heterocycles. The van der Waals surface area contributed by atoms with E-state index >= 15 is 0 Å². The molecule has 5 atom stereocenters. The molecule has 4 N–H and O–H groups in total. The number of aliphatic hydroxyl groups excluding tert-OH is 3. The molecule has 1 aliphatic rings. The topological polar surface area (TPSA) is 188 Å². The predicted octanol–water partition coefficient (Wildman–Crippen LogP) is 3.00. The molecular formula is C26H42N4O8S2. The molecule has 1 fully saturated rings. The van der Waals surface area contributed by atoms with Crippen molar-refractivity contribution in [2.24, 2.45) is 16.2 Å². The van der Waals surface area contributed by atoms with Crippen LogP contribution in [-0.4, -0.2) is 76.9 Å². The first-order chi connectivity index (χ1) is 19.0. The van der Waals surface area contributed by atoms with Gasteiger partial charge in [-0.3, -0.25) is 9.59 Å². The van der Waals surface area contributed by atoms with Crippen LogP contribution < -0.4 is 5.32 Å². The molecule has 0 saturated heterocycles. The lowest BCUT2D eigenvalue weighted by molar-refractivity contribution is -0.143. The Balaban J connectivity index is 1.63. The fourth-order valence-electron chi connectivity index (χ4n) is 4.62. The molecule has 1 aromatic rings. The fourth-order valence-corrected chi connectivity index (χ4v) is 6.47. The number of nitrogens with zero attached hydrogens (tertiary/aromatic N) is 3. The number of ether oxygens (including phenoxy) is 1. The van der Waals surface area contributed by atoms with Gasteiger partial charge in [-0.2, -0.15) is 12.8 Å². The number of hydrogen-bond acceptors (Lipinski definition) is 11. The van der Waals surface area contributed by atoms with Gasteiger partial charge in [-0.25, -0.2) is 0 Å². The number of carbonyl (C=O) groups excluding carboxylic acids is 2. The van der Waals surface area contributed by atoms with Gasteiger partial charge in [0.1, 0.15) is 0 Å². The quantitative estimate of drug-likeness (QED) is 0.0639. The van der Waals surface area contributed by atoms with Gasteiger partial charge < -0.3 is 25.4 Å². The SMILES string of the molecule is CCCC[C@H](O)CC[C@@H]1[C@@H](C/C=C\CCCC(=O)OCC/C=N/S(=O)(=O)c2nnc(NC(C)=O)s2)[C@@H](O)C[C@H]1O. The maximum Gasteiger partial charge on any atom is 0.311 e. The molecule has 1 heterocycles. The molecule has 2 rings (SSSR count). The zero-order chi connectivity index (χ0) is 29.5. The van der Waals surface area contributed by atoms with E-state index in [1.165, 1.54) is 6.92 Å². The maximum atomic E-state index is 12.1. The molecule has 1 aliphatic carbocycles. The first-order valence-electron chi connectivity index (χ1n) is 13.8. The number of amides is 1. The Kier molecular flexibility index (Phi) is 14.9. The standard InChI is InChI=1S/C26H42N4O8S2/c1-3-4-10-19(32)13-14-21-20(22(33)17-23(21)34)11-7-5-6-8-12-24(35)38-16-9-15-27-40(36,37)26-30-29-25(39-26)28-18(2)31/h5,7,15,19-23,32-34H,3-4,6,8-14,16-17H2,1-2H3,(H,28,29,31)/b7-5-,27-15+/t19-,20+,21+,22-,23+/m0/s1. The van der Waals surface area contributed by atoms with Gasteiger partial charge in [0.05, 0.1) is 24.9 Å². The normalized spacial score (nSPS) is 22.2. The Morgan fingerprint density at radius 1 is 1.15 bits per heavy atom. The molecule has 0 radical (unpaired) electrons. The van der Waals surface area contributed by atoms with Gasteiger partial charge in [-0.15, -0.1) is 10.2 Å². The van der Waals surface area contributed by atoms with Gasteiger partial charge in [0, 0.05) is 26.0 Å². The minimum atomic E-state index is -4.05. The van der Waals surface area contributed by atoms with Gasteiger partial charge in [0.25, 0.3) is 4.34 Å². The Labute approximate surface area is 240 Å². The molecule has 1 saturated carbocycles. The van der Waals surface area contributed by atoms with Crippen LogP contribution in [0.2, 0.25) is 0 Å². The van der Waals surface area contributed by atoms with Crippen LogP contribution in [0.1, 0.15) is 84.5 Å². The Bertz CT molecular complexity index is 1090. The first kappa shape index (κ1) is 33.9. The summed E-state index contributed by atoms with van der Waals surface area (Å²) in [5.41, 5.74) is 0. The van der Waals surface area contributed by atoms with E-state index in [1.54, 1.807) is 0 Å². The highest BCUT2D eigenvalue weighted by Crippen LogP contribution is 2.38. The highest BCUT2D eigenvalue weighted by atomic mass is 32.2. The van der Waals surface area contributed by atoms with Crippen LogP contribution in [0.25, 0.3) is 0 Å². The van der Waals surface area contributed by atoms with Crippen molar-refractivity contribution in [1.29, 1.82) is 0 Å².